The van der Waals surface area contributed by atoms with Gasteiger partial charge in [-0.3, -0.25) is 4.79 Å². The fraction of sp³-hybridized carbons (Fsp3) is 0.435. The van der Waals surface area contributed by atoms with Gasteiger partial charge in [-0.1, -0.05) is 36.8 Å². The van der Waals surface area contributed by atoms with Gasteiger partial charge in [0.2, 0.25) is 10.0 Å². The summed E-state index contributed by atoms with van der Waals surface area (Å²) in [6.07, 6.45) is 2.88. The normalized spacial score (nSPS) is 15.2. The summed E-state index contributed by atoms with van der Waals surface area (Å²) in [6.45, 7) is 5.52. The van der Waals surface area contributed by atoms with E-state index in [2.05, 4.69) is 0 Å². The SMILES string of the molecule is CC(C)N(Cc1ccccc1)C(=O)COc1ccc(S(=O)(=O)N2CCCCC2)cc1. The first-order valence-corrected chi connectivity index (χ1v) is 11.9. The van der Waals surface area contributed by atoms with E-state index in [4.69, 9.17) is 4.74 Å². The molecule has 7 heteroatoms. The third-order valence-electron chi connectivity index (χ3n) is 5.28. The van der Waals surface area contributed by atoms with Gasteiger partial charge in [0.15, 0.2) is 6.61 Å². The zero-order valence-corrected chi connectivity index (χ0v) is 18.5. The van der Waals surface area contributed by atoms with Crippen molar-refractivity contribution in [3.8, 4) is 5.75 Å². The number of piperidine rings is 1. The van der Waals surface area contributed by atoms with E-state index < -0.39 is 10.0 Å². The third-order valence-corrected chi connectivity index (χ3v) is 7.19. The Labute approximate surface area is 179 Å². The quantitative estimate of drug-likeness (QED) is 0.641. The second kappa shape index (κ2) is 10.1. The minimum atomic E-state index is -3.47. The van der Waals surface area contributed by atoms with E-state index in [9.17, 15) is 13.2 Å². The molecule has 1 fully saturated rings. The largest absolute Gasteiger partial charge is 0.484 e. The van der Waals surface area contributed by atoms with Gasteiger partial charge in [-0.2, -0.15) is 4.31 Å². The molecule has 0 atom stereocenters. The van der Waals surface area contributed by atoms with Gasteiger partial charge in [0.1, 0.15) is 5.75 Å². The second-order valence-electron chi connectivity index (χ2n) is 7.83. The van der Waals surface area contributed by atoms with E-state index in [0.29, 0.717) is 25.4 Å². The molecule has 0 aliphatic carbocycles. The minimum Gasteiger partial charge on any atom is -0.484 e. The summed E-state index contributed by atoms with van der Waals surface area (Å²) in [6, 6.07) is 16.2. The minimum absolute atomic E-state index is 0.0402. The number of amides is 1. The van der Waals surface area contributed by atoms with Gasteiger partial charge >= 0.3 is 0 Å². The highest BCUT2D eigenvalue weighted by molar-refractivity contribution is 7.89. The maximum absolute atomic E-state index is 12.7. The highest BCUT2D eigenvalue weighted by Crippen LogP contribution is 2.23. The Balaban J connectivity index is 1.60. The number of hydrogen-bond donors (Lipinski definition) is 0. The molecule has 2 aromatic rings. The molecule has 3 rings (SSSR count). The molecule has 1 saturated heterocycles. The number of hydrogen-bond acceptors (Lipinski definition) is 4. The molecule has 1 aliphatic rings. The number of benzene rings is 2. The Morgan fingerprint density at radius 3 is 2.23 bits per heavy atom. The van der Waals surface area contributed by atoms with Gasteiger partial charge in [-0.25, -0.2) is 8.42 Å². The van der Waals surface area contributed by atoms with Crippen molar-refractivity contribution in [3.63, 3.8) is 0 Å². The zero-order valence-electron chi connectivity index (χ0n) is 17.7. The lowest BCUT2D eigenvalue weighted by Gasteiger charge is -2.27. The molecule has 0 N–H and O–H groups in total. The number of carbonyl (C=O) groups is 1. The van der Waals surface area contributed by atoms with Crippen molar-refractivity contribution in [2.24, 2.45) is 0 Å². The molecule has 2 aromatic carbocycles. The van der Waals surface area contributed by atoms with E-state index in [0.717, 1.165) is 24.8 Å². The number of carbonyl (C=O) groups excluding carboxylic acids is 1. The molecule has 0 unspecified atom stereocenters. The van der Waals surface area contributed by atoms with Crippen LogP contribution in [0.3, 0.4) is 0 Å². The highest BCUT2D eigenvalue weighted by atomic mass is 32.2. The summed E-state index contributed by atoms with van der Waals surface area (Å²) in [5, 5.41) is 0. The Bertz CT molecular complexity index is 921. The van der Waals surface area contributed by atoms with Gasteiger partial charge in [0.25, 0.3) is 5.91 Å². The molecule has 0 bridgehead atoms. The number of ether oxygens (including phenoxy) is 1. The summed E-state index contributed by atoms with van der Waals surface area (Å²) in [4.78, 5) is 14.7. The van der Waals surface area contributed by atoms with Crippen molar-refractivity contribution >= 4 is 15.9 Å². The van der Waals surface area contributed by atoms with Crippen LogP contribution in [0.2, 0.25) is 0 Å². The van der Waals surface area contributed by atoms with Crippen molar-refractivity contribution in [1.82, 2.24) is 9.21 Å². The Morgan fingerprint density at radius 1 is 1.00 bits per heavy atom. The van der Waals surface area contributed by atoms with Crippen LogP contribution in [0.25, 0.3) is 0 Å². The van der Waals surface area contributed by atoms with E-state index in [1.807, 2.05) is 44.2 Å². The first-order chi connectivity index (χ1) is 14.4. The fourth-order valence-corrected chi connectivity index (χ4v) is 5.05. The molecule has 162 valence electrons. The lowest BCUT2D eigenvalue weighted by atomic mass is 10.2. The Kier molecular flexibility index (Phi) is 7.50. The van der Waals surface area contributed by atoms with Crippen LogP contribution in [0.1, 0.15) is 38.7 Å². The van der Waals surface area contributed by atoms with Crippen LogP contribution in [0.5, 0.6) is 5.75 Å². The molecule has 30 heavy (non-hydrogen) atoms. The van der Waals surface area contributed by atoms with Gasteiger partial charge in [0, 0.05) is 25.7 Å². The average Bonchev–Trinajstić information content (AvgIpc) is 2.77. The lowest BCUT2D eigenvalue weighted by molar-refractivity contribution is -0.135. The zero-order chi connectivity index (χ0) is 21.6. The van der Waals surface area contributed by atoms with Gasteiger partial charge < -0.3 is 9.64 Å². The fourth-order valence-electron chi connectivity index (χ4n) is 3.53. The monoisotopic (exact) mass is 430 g/mol. The second-order valence-corrected chi connectivity index (χ2v) is 9.76. The molecule has 0 spiro atoms. The number of sulfonamides is 1. The van der Waals surface area contributed by atoms with Crippen LogP contribution >= 0.6 is 0 Å². The summed E-state index contributed by atoms with van der Waals surface area (Å²) in [7, 11) is -3.47. The Hall–Kier alpha value is -2.38. The van der Waals surface area contributed by atoms with E-state index in [1.165, 1.54) is 0 Å². The first-order valence-electron chi connectivity index (χ1n) is 10.4. The standard InChI is InChI=1S/C23H30N2O4S/c1-19(2)25(17-20-9-5-3-6-10-20)23(26)18-29-21-11-13-22(14-12-21)30(27,28)24-15-7-4-8-16-24/h3,5-6,9-14,19H,4,7-8,15-18H2,1-2H3. The van der Waals surface area contributed by atoms with Crippen LogP contribution in [-0.4, -0.2) is 49.3 Å². The number of rotatable bonds is 8. The van der Waals surface area contributed by atoms with Crippen LogP contribution < -0.4 is 4.74 Å². The molecule has 0 saturated carbocycles. The summed E-state index contributed by atoms with van der Waals surface area (Å²) < 4.78 is 32.6. The molecule has 0 radical (unpaired) electrons. The molecular formula is C23H30N2O4S. The van der Waals surface area contributed by atoms with Crippen LogP contribution in [0.15, 0.2) is 59.5 Å². The molecular weight excluding hydrogens is 400 g/mol. The van der Waals surface area contributed by atoms with Crippen molar-refractivity contribution in [2.75, 3.05) is 19.7 Å². The summed E-state index contributed by atoms with van der Waals surface area (Å²) in [5.74, 6) is 0.364. The number of nitrogens with zero attached hydrogens (tertiary/aromatic N) is 2. The highest BCUT2D eigenvalue weighted by Gasteiger charge is 2.26. The van der Waals surface area contributed by atoms with Crippen molar-refractivity contribution in [3.05, 3.63) is 60.2 Å². The predicted octanol–water partition coefficient (Wildman–Crippen LogP) is 3.68. The van der Waals surface area contributed by atoms with Gasteiger partial charge in [-0.05, 0) is 56.5 Å². The summed E-state index contributed by atoms with van der Waals surface area (Å²) >= 11 is 0. The van der Waals surface area contributed by atoms with Crippen molar-refractivity contribution in [2.45, 2.75) is 50.6 Å². The van der Waals surface area contributed by atoms with Crippen LogP contribution in [0.4, 0.5) is 0 Å². The van der Waals surface area contributed by atoms with Crippen LogP contribution in [0, 0.1) is 0 Å². The van der Waals surface area contributed by atoms with Crippen molar-refractivity contribution < 1.29 is 17.9 Å². The third kappa shape index (κ3) is 5.61. The molecule has 0 aromatic heterocycles. The molecule has 1 aliphatic heterocycles. The smallest absolute Gasteiger partial charge is 0.261 e. The predicted molar refractivity (Wildman–Crippen MR) is 117 cm³/mol. The lowest BCUT2D eigenvalue weighted by Crippen LogP contribution is -2.39. The van der Waals surface area contributed by atoms with Gasteiger partial charge in [-0.15, -0.1) is 0 Å². The van der Waals surface area contributed by atoms with E-state index in [-0.39, 0.29) is 23.5 Å². The van der Waals surface area contributed by atoms with E-state index in [1.54, 1.807) is 33.5 Å². The summed E-state index contributed by atoms with van der Waals surface area (Å²) in [5.41, 5.74) is 1.06. The first kappa shape index (κ1) is 22.3. The van der Waals surface area contributed by atoms with E-state index >= 15 is 0 Å². The Morgan fingerprint density at radius 2 is 1.63 bits per heavy atom. The molecule has 6 nitrogen and oxygen atoms in total. The maximum Gasteiger partial charge on any atom is 0.261 e. The molecule has 1 heterocycles. The van der Waals surface area contributed by atoms with Crippen LogP contribution in [-0.2, 0) is 21.4 Å². The topological polar surface area (TPSA) is 66.9 Å². The maximum atomic E-state index is 12.7. The van der Waals surface area contributed by atoms with Crippen molar-refractivity contribution in [1.29, 1.82) is 0 Å². The molecule has 1 amide bonds. The average molecular weight is 431 g/mol. The van der Waals surface area contributed by atoms with Gasteiger partial charge in [0.05, 0.1) is 4.90 Å².